The number of aliphatic hydroxyl groups is 1. The van der Waals surface area contributed by atoms with Gasteiger partial charge in [-0.2, -0.15) is 5.26 Å². The van der Waals surface area contributed by atoms with E-state index in [1.54, 1.807) is 6.07 Å². The van der Waals surface area contributed by atoms with Gasteiger partial charge >= 0.3 is 5.69 Å². The molecule has 0 saturated heterocycles. The van der Waals surface area contributed by atoms with E-state index in [0.29, 0.717) is 0 Å². The summed E-state index contributed by atoms with van der Waals surface area (Å²) in [7, 11) is 0. The normalized spacial score (nSPS) is 13.4. The standard InChI is InChI=1S/C10H13N5O3/c1-6(16)8(12)5-14-10-9(15(17)18)7(4-11)2-3-13-10/h2-3,6,8,16H,5,12H2,1H3,(H,13,14). The van der Waals surface area contributed by atoms with Crippen LogP contribution in [0.2, 0.25) is 0 Å². The molecule has 4 N–H and O–H groups in total. The highest BCUT2D eigenvalue weighted by Gasteiger charge is 2.21. The molecule has 1 heterocycles. The van der Waals surface area contributed by atoms with Crippen LogP contribution in [0.5, 0.6) is 0 Å². The number of aliphatic hydroxyl groups excluding tert-OH is 1. The number of hydrogen-bond acceptors (Lipinski definition) is 7. The van der Waals surface area contributed by atoms with Crippen molar-refractivity contribution in [2.24, 2.45) is 5.73 Å². The molecule has 0 aliphatic rings. The fourth-order valence-electron chi connectivity index (χ4n) is 1.24. The lowest BCUT2D eigenvalue weighted by Gasteiger charge is -2.15. The number of anilines is 1. The van der Waals surface area contributed by atoms with E-state index in [-0.39, 0.29) is 17.9 Å². The van der Waals surface area contributed by atoms with Crippen LogP contribution in [0.4, 0.5) is 11.5 Å². The van der Waals surface area contributed by atoms with Crippen LogP contribution in [-0.2, 0) is 0 Å². The average molecular weight is 251 g/mol. The quantitative estimate of drug-likeness (QED) is 0.493. The molecule has 2 unspecified atom stereocenters. The van der Waals surface area contributed by atoms with Crippen LogP contribution in [-0.4, -0.2) is 33.7 Å². The van der Waals surface area contributed by atoms with E-state index in [4.69, 9.17) is 11.0 Å². The molecule has 0 aliphatic carbocycles. The van der Waals surface area contributed by atoms with Crippen molar-refractivity contribution in [2.45, 2.75) is 19.1 Å². The van der Waals surface area contributed by atoms with Crippen molar-refractivity contribution < 1.29 is 10.0 Å². The van der Waals surface area contributed by atoms with Crippen LogP contribution < -0.4 is 11.1 Å². The number of nitrogens with zero attached hydrogens (tertiary/aromatic N) is 3. The summed E-state index contributed by atoms with van der Waals surface area (Å²) in [6, 6.07) is 2.40. The van der Waals surface area contributed by atoms with Gasteiger partial charge in [0, 0.05) is 18.8 Å². The first-order chi connectivity index (χ1) is 8.47. The number of nitriles is 1. The molecule has 0 saturated carbocycles. The second-order valence-electron chi connectivity index (χ2n) is 3.71. The maximum atomic E-state index is 10.9. The monoisotopic (exact) mass is 251 g/mol. The average Bonchev–Trinajstić information content (AvgIpc) is 2.34. The van der Waals surface area contributed by atoms with Crippen molar-refractivity contribution in [3.8, 4) is 6.07 Å². The Balaban J connectivity index is 2.96. The zero-order valence-electron chi connectivity index (χ0n) is 9.70. The molecule has 96 valence electrons. The predicted molar refractivity (Wildman–Crippen MR) is 63.8 cm³/mol. The van der Waals surface area contributed by atoms with Gasteiger partial charge in [-0.1, -0.05) is 0 Å². The van der Waals surface area contributed by atoms with Crippen molar-refractivity contribution in [3.05, 3.63) is 27.9 Å². The molecule has 0 aromatic carbocycles. The fourth-order valence-corrected chi connectivity index (χ4v) is 1.24. The van der Waals surface area contributed by atoms with Gasteiger partial charge in [0.15, 0.2) is 0 Å². The third kappa shape index (κ3) is 3.13. The molecule has 0 amide bonds. The molecule has 8 heteroatoms. The number of hydrogen-bond donors (Lipinski definition) is 3. The minimum absolute atomic E-state index is 0.0323. The lowest BCUT2D eigenvalue weighted by Crippen LogP contribution is -2.38. The van der Waals surface area contributed by atoms with Crippen LogP contribution in [0.15, 0.2) is 12.3 Å². The molecule has 18 heavy (non-hydrogen) atoms. The highest BCUT2D eigenvalue weighted by atomic mass is 16.6. The summed E-state index contributed by atoms with van der Waals surface area (Å²) in [6.07, 6.45) is 0.539. The van der Waals surface area contributed by atoms with Crippen molar-refractivity contribution in [1.82, 2.24) is 4.98 Å². The smallest absolute Gasteiger partial charge is 0.328 e. The Hall–Kier alpha value is -2.24. The lowest BCUT2D eigenvalue weighted by atomic mass is 10.2. The highest BCUT2D eigenvalue weighted by Crippen LogP contribution is 2.25. The maximum Gasteiger partial charge on any atom is 0.328 e. The minimum Gasteiger partial charge on any atom is -0.392 e. The number of rotatable bonds is 5. The summed E-state index contributed by atoms with van der Waals surface area (Å²) in [5.74, 6) is -0.0323. The summed E-state index contributed by atoms with van der Waals surface area (Å²) in [5.41, 5.74) is 5.11. The number of pyridine rings is 1. The van der Waals surface area contributed by atoms with Gasteiger partial charge in [0.05, 0.1) is 11.0 Å². The molecule has 2 atom stereocenters. The van der Waals surface area contributed by atoms with Crippen molar-refractivity contribution in [2.75, 3.05) is 11.9 Å². The van der Waals surface area contributed by atoms with Crippen LogP contribution in [0, 0.1) is 21.4 Å². The molecule has 8 nitrogen and oxygen atoms in total. The molecule has 0 spiro atoms. The van der Waals surface area contributed by atoms with Gasteiger partial charge in [0.1, 0.15) is 11.6 Å². The van der Waals surface area contributed by atoms with E-state index >= 15 is 0 Å². The topological polar surface area (TPSA) is 138 Å². The Morgan fingerprint density at radius 1 is 1.78 bits per heavy atom. The Labute approximate surface area is 103 Å². The van der Waals surface area contributed by atoms with Gasteiger partial charge in [-0.05, 0) is 13.0 Å². The van der Waals surface area contributed by atoms with Gasteiger partial charge in [-0.15, -0.1) is 0 Å². The summed E-state index contributed by atoms with van der Waals surface area (Å²) in [6.45, 7) is 1.63. The molecule has 0 radical (unpaired) electrons. The van der Waals surface area contributed by atoms with Gasteiger partial charge < -0.3 is 16.2 Å². The fraction of sp³-hybridized carbons (Fsp3) is 0.400. The van der Waals surface area contributed by atoms with Gasteiger partial charge in [0.2, 0.25) is 5.82 Å². The molecule has 0 aliphatic heterocycles. The Morgan fingerprint density at radius 2 is 2.44 bits per heavy atom. The SMILES string of the molecule is CC(O)C(N)CNc1nccc(C#N)c1[N+](=O)[O-]. The molecule has 0 fully saturated rings. The van der Waals surface area contributed by atoms with Gasteiger partial charge in [-0.25, -0.2) is 4.98 Å². The molecule has 1 rings (SSSR count). The summed E-state index contributed by atoms with van der Waals surface area (Å²) >= 11 is 0. The summed E-state index contributed by atoms with van der Waals surface area (Å²) < 4.78 is 0. The summed E-state index contributed by atoms with van der Waals surface area (Å²) in [5, 5.41) is 31.5. The second kappa shape index (κ2) is 5.90. The number of nitro groups is 1. The van der Waals surface area contributed by atoms with Crippen molar-refractivity contribution in [1.29, 1.82) is 5.26 Å². The largest absolute Gasteiger partial charge is 0.392 e. The zero-order valence-corrected chi connectivity index (χ0v) is 9.70. The van der Waals surface area contributed by atoms with E-state index in [9.17, 15) is 15.2 Å². The van der Waals surface area contributed by atoms with E-state index in [1.165, 1.54) is 19.2 Å². The predicted octanol–water partition coefficient (Wildman–Crippen LogP) is -0.0185. The lowest BCUT2D eigenvalue weighted by molar-refractivity contribution is -0.384. The highest BCUT2D eigenvalue weighted by molar-refractivity contribution is 5.64. The third-order valence-corrected chi connectivity index (χ3v) is 2.35. The minimum atomic E-state index is -0.754. The number of nitrogens with two attached hydrogens (primary N) is 1. The molecule has 0 bridgehead atoms. The molecule has 1 aromatic heterocycles. The van der Waals surface area contributed by atoms with Crippen LogP contribution in [0.3, 0.4) is 0 Å². The van der Waals surface area contributed by atoms with E-state index < -0.39 is 22.8 Å². The van der Waals surface area contributed by atoms with Crippen molar-refractivity contribution in [3.63, 3.8) is 0 Å². The number of nitrogens with one attached hydrogen (secondary N) is 1. The van der Waals surface area contributed by atoms with Gasteiger partial charge in [-0.3, -0.25) is 10.1 Å². The van der Waals surface area contributed by atoms with Gasteiger partial charge in [0.25, 0.3) is 0 Å². The molecular formula is C10H13N5O3. The first kappa shape index (κ1) is 13.8. The Bertz CT molecular complexity index is 483. The van der Waals surface area contributed by atoms with Crippen LogP contribution in [0.1, 0.15) is 12.5 Å². The van der Waals surface area contributed by atoms with Crippen molar-refractivity contribution >= 4 is 11.5 Å². The molecular weight excluding hydrogens is 238 g/mol. The van der Waals surface area contributed by atoms with Crippen LogP contribution >= 0.6 is 0 Å². The van der Waals surface area contributed by atoms with Crippen LogP contribution in [0.25, 0.3) is 0 Å². The maximum absolute atomic E-state index is 10.9. The molecule has 1 aromatic rings. The van der Waals surface area contributed by atoms with E-state index in [2.05, 4.69) is 10.3 Å². The van der Waals surface area contributed by atoms with E-state index in [0.717, 1.165) is 0 Å². The zero-order chi connectivity index (χ0) is 13.7. The van der Waals surface area contributed by atoms with E-state index in [1.807, 2.05) is 0 Å². The Kier molecular flexibility index (Phi) is 4.53. The second-order valence-corrected chi connectivity index (χ2v) is 3.71. The Morgan fingerprint density at radius 3 is 2.94 bits per heavy atom. The third-order valence-electron chi connectivity index (χ3n) is 2.35. The first-order valence-electron chi connectivity index (χ1n) is 5.18. The first-order valence-corrected chi connectivity index (χ1v) is 5.18. The number of aromatic nitrogens is 1. The summed E-state index contributed by atoms with van der Waals surface area (Å²) in [4.78, 5) is 14.0.